The Morgan fingerprint density at radius 2 is 1.81 bits per heavy atom. The maximum atomic E-state index is 13.1. The molecule has 1 atom stereocenters. The number of carbonyl (C=O) groups is 2. The van der Waals surface area contributed by atoms with Crippen LogP contribution in [-0.4, -0.2) is 51.0 Å². The summed E-state index contributed by atoms with van der Waals surface area (Å²) >= 11 is 6.06. The van der Waals surface area contributed by atoms with E-state index in [2.05, 4.69) is 5.32 Å². The number of aryl methyl sites for hydroxylation is 1. The van der Waals surface area contributed by atoms with Crippen LogP contribution in [0.2, 0.25) is 5.02 Å². The van der Waals surface area contributed by atoms with Gasteiger partial charge in [-0.25, -0.2) is 8.42 Å². The zero-order chi connectivity index (χ0) is 23.9. The lowest BCUT2D eigenvalue weighted by Gasteiger charge is -2.29. The standard InChI is InChI=1S/C23H30ClN3O4S/c1-17-8-5-11-21(14-17)27(32(4,30)31)13-7-12-22(28)26(18(2)23(29)25-3)16-19-9-6-10-20(24)15-19/h5-6,8-11,14-15,18H,7,12-13,16H2,1-4H3,(H,25,29). The predicted molar refractivity (Wildman–Crippen MR) is 128 cm³/mol. The summed E-state index contributed by atoms with van der Waals surface area (Å²) < 4.78 is 26.0. The van der Waals surface area contributed by atoms with Crippen molar-refractivity contribution in [3.63, 3.8) is 0 Å². The summed E-state index contributed by atoms with van der Waals surface area (Å²) in [4.78, 5) is 26.8. The Morgan fingerprint density at radius 1 is 1.12 bits per heavy atom. The Balaban J connectivity index is 2.14. The van der Waals surface area contributed by atoms with Gasteiger partial charge in [0, 0.05) is 31.6 Å². The second kappa shape index (κ2) is 11.3. The topological polar surface area (TPSA) is 86.8 Å². The SMILES string of the molecule is CNC(=O)C(C)N(Cc1cccc(Cl)c1)C(=O)CCCN(c1cccc(C)c1)S(C)(=O)=O. The molecule has 0 radical (unpaired) electrons. The van der Waals surface area contributed by atoms with Gasteiger partial charge in [-0.2, -0.15) is 0 Å². The summed E-state index contributed by atoms with van der Waals surface area (Å²) in [5, 5.41) is 3.12. The van der Waals surface area contributed by atoms with Gasteiger partial charge in [0.2, 0.25) is 21.8 Å². The van der Waals surface area contributed by atoms with Gasteiger partial charge in [0.1, 0.15) is 6.04 Å². The summed E-state index contributed by atoms with van der Waals surface area (Å²) in [6, 6.07) is 13.6. The molecule has 0 spiro atoms. The van der Waals surface area contributed by atoms with E-state index in [0.717, 1.165) is 17.4 Å². The number of hydrogen-bond acceptors (Lipinski definition) is 4. The van der Waals surface area contributed by atoms with Crippen LogP contribution in [-0.2, 0) is 26.2 Å². The average molecular weight is 480 g/mol. The summed E-state index contributed by atoms with van der Waals surface area (Å²) in [6.07, 6.45) is 1.56. The number of nitrogens with one attached hydrogen (secondary N) is 1. The molecule has 2 aromatic rings. The Hall–Kier alpha value is -2.58. The number of anilines is 1. The first-order chi connectivity index (χ1) is 15.0. The van der Waals surface area contributed by atoms with Gasteiger partial charge in [0.15, 0.2) is 0 Å². The Labute approximate surface area is 195 Å². The van der Waals surface area contributed by atoms with Gasteiger partial charge in [-0.15, -0.1) is 0 Å². The molecule has 32 heavy (non-hydrogen) atoms. The van der Waals surface area contributed by atoms with Crippen LogP contribution < -0.4 is 9.62 Å². The van der Waals surface area contributed by atoms with Crippen LogP contribution in [0.4, 0.5) is 5.69 Å². The third kappa shape index (κ3) is 7.24. The zero-order valence-electron chi connectivity index (χ0n) is 18.8. The molecule has 0 aliphatic heterocycles. The van der Waals surface area contributed by atoms with E-state index in [9.17, 15) is 18.0 Å². The van der Waals surface area contributed by atoms with Gasteiger partial charge in [0.05, 0.1) is 11.9 Å². The Bertz CT molecular complexity index is 1060. The first kappa shape index (κ1) is 25.7. The molecule has 0 aromatic heterocycles. The minimum atomic E-state index is -3.51. The second-order valence-corrected chi connectivity index (χ2v) is 10.1. The number of likely N-dealkylation sites (N-methyl/N-ethyl adjacent to an activating group) is 1. The molecule has 1 unspecified atom stereocenters. The highest BCUT2D eigenvalue weighted by Gasteiger charge is 2.26. The Morgan fingerprint density at radius 3 is 2.41 bits per heavy atom. The van der Waals surface area contributed by atoms with Gasteiger partial charge in [-0.05, 0) is 55.7 Å². The van der Waals surface area contributed by atoms with Crippen LogP contribution in [0.5, 0.6) is 0 Å². The van der Waals surface area contributed by atoms with Crippen molar-refractivity contribution in [1.82, 2.24) is 10.2 Å². The molecule has 0 fully saturated rings. The molecule has 0 saturated carbocycles. The number of sulfonamides is 1. The Kier molecular flexibility index (Phi) is 9.09. The fourth-order valence-electron chi connectivity index (χ4n) is 3.41. The molecular weight excluding hydrogens is 450 g/mol. The molecular formula is C23H30ClN3O4S. The summed E-state index contributed by atoms with van der Waals surface area (Å²) in [5.74, 6) is -0.517. The molecule has 0 bridgehead atoms. The summed E-state index contributed by atoms with van der Waals surface area (Å²) in [7, 11) is -1.99. The zero-order valence-corrected chi connectivity index (χ0v) is 20.4. The third-order valence-corrected chi connectivity index (χ3v) is 6.53. The van der Waals surface area contributed by atoms with E-state index >= 15 is 0 Å². The third-order valence-electron chi connectivity index (χ3n) is 5.10. The second-order valence-electron chi connectivity index (χ2n) is 7.72. The van der Waals surface area contributed by atoms with Gasteiger partial charge in [-0.1, -0.05) is 35.9 Å². The molecule has 0 saturated heterocycles. The molecule has 7 nitrogen and oxygen atoms in total. The van der Waals surface area contributed by atoms with E-state index in [0.29, 0.717) is 17.1 Å². The molecule has 2 rings (SSSR count). The molecule has 2 amide bonds. The lowest BCUT2D eigenvalue weighted by molar-refractivity contribution is -0.140. The maximum Gasteiger partial charge on any atom is 0.242 e. The normalized spacial score (nSPS) is 12.2. The minimum Gasteiger partial charge on any atom is -0.357 e. The number of amides is 2. The lowest BCUT2D eigenvalue weighted by atomic mass is 10.1. The van der Waals surface area contributed by atoms with Crippen molar-refractivity contribution < 1.29 is 18.0 Å². The molecule has 0 aliphatic rings. The maximum absolute atomic E-state index is 13.1. The van der Waals surface area contributed by atoms with E-state index in [-0.39, 0.29) is 31.3 Å². The van der Waals surface area contributed by atoms with Gasteiger partial charge in [0.25, 0.3) is 0 Å². The number of carbonyl (C=O) groups excluding carboxylic acids is 2. The van der Waals surface area contributed by atoms with Crippen molar-refractivity contribution in [2.75, 3.05) is 24.2 Å². The van der Waals surface area contributed by atoms with Crippen molar-refractivity contribution in [1.29, 1.82) is 0 Å². The quantitative estimate of drug-likeness (QED) is 0.566. The molecule has 0 aliphatic carbocycles. The number of nitrogens with zero attached hydrogens (tertiary/aromatic N) is 2. The smallest absolute Gasteiger partial charge is 0.242 e. The van der Waals surface area contributed by atoms with E-state index < -0.39 is 16.1 Å². The van der Waals surface area contributed by atoms with Crippen molar-refractivity contribution in [2.45, 2.75) is 39.3 Å². The average Bonchev–Trinajstić information content (AvgIpc) is 2.73. The van der Waals surface area contributed by atoms with Crippen LogP contribution in [0.15, 0.2) is 48.5 Å². The summed E-state index contributed by atoms with van der Waals surface area (Å²) in [5.41, 5.74) is 2.31. The van der Waals surface area contributed by atoms with E-state index in [4.69, 9.17) is 11.6 Å². The fourth-order valence-corrected chi connectivity index (χ4v) is 4.58. The van der Waals surface area contributed by atoms with E-state index in [1.54, 1.807) is 43.3 Å². The first-order valence-corrected chi connectivity index (χ1v) is 12.6. The fraction of sp³-hybridized carbons (Fsp3) is 0.391. The van der Waals surface area contributed by atoms with Crippen LogP contribution in [0.3, 0.4) is 0 Å². The lowest BCUT2D eigenvalue weighted by Crippen LogP contribution is -2.46. The highest BCUT2D eigenvalue weighted by molar-refractivity contribution is 7.92. The van der Waals surface area contributed by atoms with Crippen LogP contribution in [0.25, 0.3) is 0 Å². The highest BCUT2D eigenvalue weighted by Crippen LogP contribution is 2.20. The number of benzene rings is 2. The number of rotatable bonds is 10. The summed E-state index contributed by atoms with van der Waals surface area (Å²) in [6.45, 7) is 3.94. The van der Waals surface area contributed by atoms with Crippen molar-refractivity contribution in [3.8, 4) is 0 Å². The van der Waals surface area contributed by atoms with Gasteiger partial charge < -0.3 is 10.2 Å². The monoisotopic (exact) mass is 479 g/mol. The number of hydrogen-bond donors (Lipinski definition) is 1. The first-order valence-electron chi connectivity index (χ1n) is 10.3. The van der Waals surface area contributed by atoms with Crippen LogP contribution in [0.1, 0.15) is 30.9 Å². The largest absolute Gasteiger partial charge is 0.357 e. The van der Waals surface area contributed by atoms with Crippen molar-refractivity contribution in [2.24, 2.45) is 0 Å². The van der Waals surface area contributed by atoms with E-state index in [1.807, 2.05) is 19.1 Å². The van der Waals surface area contributed by atoms with Crippen LogP contribution >= 0.6 is 11.6 Å². The van der Waals surface area contributed by atoms with Crippen molar-refractivity contribution in [3.05, 3.63) is 64.7 Å². The van der Waals surface area contributed by atoms with Crippen LogP contribution in [0, 0.1) is 6.92 Å². The molecule has 174 valence electrons. The van der Waals surface area contributed by atoms with Crippen molar-refractivity contribution >= 4 is 39.1 Å². The van der Waals surface area contributed by atoms with Gasteiger partial charge in [-0.3, -0.25) is 13.9 Å². The molecule has 1 N–H and O–H groups in total. The number of halogens is 1. The minimum absolute atomic E-state index is 0.0970. The highest BCUT2D eigenvalue weighted by atomic mass is 35.5. The van der Waals surface area contributed by atoms with Gasteiger partial charge >= 0.3 is 0 Å². The van der Waals surface area contributed by atoms with E-state index in [1.165, 1.54) is 16.3 Å². The molecule has 0 heterocycles. The molecule has 9 heteroatoms. The molecule has 2 aromatic carbocycles. The predicted octanol–water partition coefficient (Wildman–Crippen LogP) is 3.36.